The van der Waals surface area contributed by atoms with E-state index in [1.807, 2.05) is 36.4 Å². The molecule has 6 nitrogen and oxygen atoms in total. The fourth-order valence-corrected chi connectivity index (χ4v) is 12.0. The van der Waals surface area contributed by atoms with Crippen LogP contribution in [0.25, 0.3) is 0 Å². The van der Waals surface area contributed by atoms with Gasteiger partial charge in [0.1, 0.15) is 0 Å². The molecule has 0 saturated carbocycles. The van der Waals surface area contributed by atoms with Gasteiger partial charge in [0.25, 0.3) is 0 Å². The summed E-state index contributed by atoms with van der Waals surface area (Å²) in [7, 11) is -0.868. The highest BCUT2D eigenvalue weighted by Crippen LogP contribution is 2.26. The molecule has 0 bridgehead atoms. The number of hydrogen-bond donors (Lipinski definition) is 0. The Labute approximate surface area is 178 Å². The quantitative estimate of drug-likeness (QED) is 0.411. The van der Waals surface area contributed by atoms with E-state index in [1.54, 1.807) is 28.4 Å². The summed E-state index contributed by atoms with van der Waals surface area (Å²) in [6.45, 7) is 0. The maximum absolute atomic E-state index is 6.50. The van der Waals surface area contributed by atoms with Gasteiger partial charge in [-0.05, 0) is 36.1 Å². The average molecular weight is 453 g/mol. The Balaban J connectivity index is 2.26. The summed E-state index contributed by atoms with van der Waals surface area (Å²) in [5, 5.41) is 0. The van der Waals surface area contributed by atoms with E-state index in [4.69, 9.17) is 25.9 Å². The fraction of sp³-hybridized carbons (Fsp3) is 0.400. The summed E-state index contributed by atoms with van der Waals surface area (Å²) in [5.74, 6) is 0. The standard InChI is InChI=1S/C20H32O6Si3/c1-21-27(22-2)25-29(26-28(23-3)24-4,17-15-19-11-7-5-8-12-19)18-16-20-13-9-6-10-14-20/h5-14,27-28H,15-18H2,1-4H3. The predicted octanol–water partition coefficient (Wildman–Crippen LogP) is 2.97. The summed E-state index contributed by atoms with van der Waals surface area (Å²) in [4.78, 5) is 0. The minimum atomic E-state index is -2.75. The molecule has 160 valence electrons. The van der Waals surface area contributed by atoms with Gasteiger partial charge >= 0.3 is 27.6 Å². The largest absolute Gasteiger partial charge is 0.474 e. The Morgan fingerprint density at radius 1 is 0.586 bits per heavy atom. The number of aryl methyl sites for hydroxylation is 2. The van der Waals surface area contributed by atoms with Crippen molar-refractivity contribution in [3.05, 3.63) is 71.8 Å². The van der Waals surface area contributed by atoms with Crippen LogP contribution in [-0.4, -0.2) is 56.1 Å². The Bertz CT molecular complexity index is 609. The van der Waals surface area contributed by atoms with Crippen molar-refractivity contribution < 1.29 is 25.9 Å². The molecule has 0 radical (unpaired) electrons. The van der Waals surface area contributed by atoms with Crippen LogP contribution in [-0.2, 0) is 38.8 Å². The lowest BCUT2D eigenvalue weighted by Crippen LogP contribution is -2.53. The molecule has 0 amide bonds. The summed E-state index contributed by atoms with van der Waals surface area (Å²) in [6, 6.07) is 22.3. The van der Waals surface area contributed by atoms with Crippen molar-refractivity contribution in [2.24, 2.45) is 0 Å². The molecule has 0 heterocycles. The van der Waals surface area contributed by atoms with Crippen LogP contribution in [0.3, 0.4) is 0 Å². The topological polar surface area (TPSA) is 55.4 Å². The van der Waals surface area contributed by atoms with Gasteiger partial charge in [0, 0.05) is 28.4 Å². The molecule has 0 aliphatic rings. The third-order valence-corrected chi connectivity index (χ3v) is 13.2. The lowest BCUT2D eigenvalue weighted by Gasteiger charge is -2.35. The van der Waals surface area contributed by atoms with Crippen LogP contribution in [0.15, 0.2) is 60.7 Å². The summed E-state index contributed by atoms with van der Waals surface area (Å²) < 4.78 is 35.0. The van der Waals surface area contributed by atoms with E-state index in [1.165, 1.54) is 11.1 Å². The van der Waals surface area contributed by atoms with Gasteiger partial charge < -0.3 is 25.9 Å². The second kappa shape index (κ2) is 13.2. The molecule has 0 fully saturated rings. The summed E-state index contributed by atoms with van der Waals surface area (Å²) in [5.41, 5.74) is 2.50. The molecule has 0 N–H and O–H groups in total. The van der Waals surface area contributed by atoms with Crippen LogP contribution in [0, 0.1) is 0 Å². The van der Waals surface area contributed by atoms with Crippen molar-refractivity contribution in [1.29, 1.82) is 0 Å². The SMILES string of the molecule is CO[SiH](OC)O[Si](CCc1ccccc1)(CCc1ccccc1)O[SiH](OC)OC. The first kappa shape index (κ1) is 24.1. The molecule has 2 aromatic carbocycles. The van der Waals surface area contributed by atoms with E-state index in [9.17, 15) is 0 Å². The van der Waals surface area contributed by atoms with Gasteiger partial charge in [0.2, 0.25) is 0 Å². The second-order valence-corrected chi connectivity index (χ2v) is 14.4. The molecule has 0 unspecified atom stereocenters. The lowest BCUT2D eigenvalue weighted by molar-refractivity contribution is 0.151. The number of benzene rings is 2. The summed E-state index contributed by atoms with van der Waals surface area (Å²) >= 11 is 0. The lowest BCUT2D eigenvalue weighted by atomic mass is 10.2. The average Bonchev–Trinajstić information content (AvgIpc) is 2.79. The molecule has 0 aliphatic heterocycles. The first-order valence-electron chi connectivity index (χ1n) is 9.69. The highest BCUT2D eigenvalue weighted by atomic mass is 28.5. The van der Waals surface area contributed by atoms with E-state index >= 15 is 0 Å². The molecule has 29 heavy (non-hydrogen) atoms. The Morgan fingerprint density at radius 2 is 0.931 bits per heavy atom. The zero-order chi connectivity index (χ0) is 21.0. The van der Waals surface area contributed by atoms with E-state index in [0.717, 1.165) is 24.9 Å². The monoisotopic (exact) mass is 452 g/mol. The highest BCUT2D eigenvalue weighted by Gasteiger charge is 2.43. The van der Waals surface area contributed by atoms with Gasteiger partial charge in [0.05, 0.1) is 0 Å². The molecule has 0 saturated heterocycles. The van der Waals surface area contributed by atoms with E-state index in [2.05, 4.69) is 24.3 Å². The Hall–Kier alpha value is -1.15. The fourth-order valence-electron chi connectivity index (χ4n) is 3.08. The zero-order valence-electron chi connectivity index (χ0n) is 17.7. The molecule has 0 atom stereocenters. The van der Waals surface area contributed by atoms with Crippen molar-refractivity contribution in [3.63, 3.8) is 0 Å². The van der Waals surface area contributed by atoms with E-state index in [0.29, 0.717) is 0 Å². The van der Waals surface area contributed by atoms with Crippen LogP contribution in [0.4, 0.5) is 0 Å². The minimum Gasteiger partial charge on any atom is -0.396 e. The second-order valence-electron chi connectivity index (χ2n) is 6.64. The highest BCUT2D eigenvalue weighted by molar-refractivity contribution is 6.77. The third kappa shape index (κ3) is 8.24. The molecule has 9 heteroatoms. The van der Waals surface area contributed by atoms with Gasteiger partial charge in [-0.1, -0.05) is 60.7 Å². The smallest absolute Gasteiger partial charge is 0.396 e. The van der Waals surface area contributed by atoms with Crippen molar-refractivity contribution in [3.8, 4) is 0 Å². The van der Waals surface area contributed by atoms with E-state index < -0.39 is 27.6 Å². The van der Waals surface area contributed by atoms with Crippen molar-refractivity contribution in [2.45, 2.75) is 24.9 Å². The van der Waals surface area contributed by atoms with E-state index in [-0.39, 0.29) is 0 Å². The third-order valence-electron chi connectivity index (χ3n) is 4.67. The van der Waals surface area contributed by atoms with Crippen LogP contribution in [0.1, 0.15) is 11.1 Å². The molecule has 0 aromatic heterocycles. The Kier molecular flexibility index (Phi) is 11.0. The van der Waals surface area contributed by atoms with Crippen molar-refractivity contribution >= 4 is 27.6 Å². The van der Waals surface area contributed by atoms with Gasteiger partial charge in [-0.25, -0.2) is 0 Å². The summed E-state index contributed by atoms with van der Waals surface area (Å²) in [6.07, 6.45) is 1.70. The molecule has 2 aromatic rings. The predicted molar refractivity (Wildman–Crippen MR) is 120 cm³/mol. The maximum atomic E-state index is 6.50. The van der Waals surface area contributed by atoms with Gasteiger partial charge in [-0.15, -0.1) is 0 Å². The van der Waals surface area contributed by atoms with Crippen LogP contribution in [0.5, 0.6) is 0 Å². The molecular formula is C20H32O6Si3. The van der Waals surface area contributed by atoms with Crippen LogP contribution in [0.2, 0.25) is 12.1 Å². The van der Waals surface area contributed by atoms with Crippen molar-refractivity contribution in [2.75, 3.05) is 28.4 Å². The maximum Gasteiger partial charge on any atom is 0.474 e. The first-order valence-corrected chi connectivity index (χ1v) is 14.8. The van der Waals surface area contributed by atoms with Crippen molar-refractivity contribution in [1.82, 2.24) is 0 Å². The normalized spacial score (nSPS) is 12.1. The van der Waals surface area contributed by atoms with Crippen LogP contribution < -0.4 is 0 Å². The molecule has 0 aliphatic carbocycles. The van der Waals surface area contributed by atoms with Gasteiger partial charge in [-0.2, -0.15) is 0 Å². The zero-order valence-corrected chi connectivity index (χ0v) is 21.0. The minimum absolute atomic E-state index is 0.774. The molecule has 0 spiro atoms. The van der Waals surface area contributed by atoms with Gasteiger partial charge in [0.15, 0.2) is 0 Å². The number of rotatable bonds is 14. The van der Waals surface area contributed by atoms with Crippen LogP contribution >= 0.6 is 0 Å². The molecule has 2 rings (SSSR count). The molecular weight excluding hydrogens is 420 g/mol. The van der Waals surface area contributed by atoms with Gasteiger partial charge in [-0.3, -0.25) is 0 Å². The number of hydrogen-bond acceptors (Lipinski definition) is 6. The Morgan fingerprint density at radius 3 is 1.24 bits per heavy atom. The first-order chi connectivity index (χ1) is 14.1.